The van der Waals surface area contributed by atoms with Crippen molar-refractivity contribution in [1.29, 1.82) is 0 Å². The third-order valence-corrected chi connectivity index (χ3v) is 4.04. The number of fused-ring (bicyclic) bond motifs is 1. The number of phenolic OH excluding ortho intramolecular Hbond substituents is 1. The van der Waals surface area contributed by atoms with Crippen molar-refractivity contribution >= 4 is 21.4 Å². The van der Waals surface area contributed by atoms with Gasteiger partial charge in [-0.25, -0.2) is 0 Å². The molecule has 14 heavy (non-hydrogen) atoms. The van der Waals surface area contributed by atoms with Crippen LogP contribution in [0, 0.1) is 6.92 Å². The minimum atomic E-state index is 0.356. The topological polar surface area (TPSA) is 20.2 Å². The highest BCUT2D eigenvalue weighted by molar-refractivity contribution is 7.19. The largest absolute Gasteiger partial charge is 0.508 e. The second-order valence-electron chi connectivity index (χ2n) is 3.93. The predicted octanol–water partition coefficient (Wildman–Crippen LogP) is 4.04. The van der Waals surface area contributed by atoms with Gasteiger partial charge in [-0.1, -0.05) is 13.8 Å². The summed E-state index contributed by atoms with van der Waals surface area (Å²) in [5.74, 6) is 0.920. The molecule has 0 unspecified atom stereocenters. The Morgan fingerprint density at radius 2 is 2.00 bits per heavy atom. The molecule has 0 bridgehead atoms. The number of thiophene rings is 1. The monoisotopic (exact) mass is 206 g/mol. The van der Waals surface area contributed by atoms with Crippen LogP contribution >= 0.6 is 11.3 Å². The zero-order valence-electron chi connectivity index (χ0n) is 8.66. The fourth-order valence-corrected chi connectivity index (χ4v) is 3.03. The molecule has 2 aromatic rings. The average molecular weight is 206 g/mol. The Balaban J connectivity index is 2.73. The highest BCUT2D eigenvalue weighted by Crippen LogP contribution is 2.36. The molecule has 2 rings (SSSR count). The van der Waals surface area contributed by atoms with E-state index in [0.717, 1.165) is 0 Å². The number of aryl methyl sites for hydroxylation is 1. The summed E-state index contributed by atoms with van der Waals surface area (Å²) in [6.07, 6.45) is 0. The first-order valence-corrected chi connectivity index (χ1v) is 5.63. The van der Waals surface area contributed by atoms with Crippen LogP contribution in [0.5, 0.6) is 5.75 Å². The predicted molar refractivity (Wildman–Crippen MR) is 62.3 cm³/mol. The summed E-state index contributed by atoms with van der Waals surface area (Å²) in [4.78, 5) is 1.42. The second kappa shape index (κ2) is 3.28. The van der Waals surface area contributed by atoms with Gasteiger partial charge >= 0.3 is 0 Å². The Morgan fingerprint density at radius 3 is 2.64 bits per heavy atom. The lowest BCUT2D eigenvalue weighted by atomic mass is 10.1. The van der Waals surface area contributed by atoms with Crippen molar-refractivity contribution in [3.8, 4) is 5.75 Å². The van der Waals surface area contributed by atoms with E-state index in [1.165, 1.54) is 20.5 Å². The zero-order chi connectivity index (χ0) is 10.3. The minimum absolute atomic E-state index is 0.356. The van der Waals surface area contributed by atoms with Gasteiger partial charge < -0.3 is 5.11 Å². The molecule has 0 aliphatic carbocycles. The molecule has 0 saturated heterocycles. The Kier molecular flexibility index (Phi) is 2.23. The molecule has 1 aromatic carbocycles. The van der Waals surface area contributed by atoms with Crippen LogP contribution in [0.3, 0.4) is 0 Å². The van der Waals surface area contributed by atoms with Crippen molar-refractivity contribution in [3.05, 3.63) is 28.6 Å². The smallest absolute Gasteiger partial charge is 0.117 e. The van der Waals surface area contributed by atoms with Crippen molar-refractivity contribution in [2.75, 3.05) is 0 Å². The number of aromatic hydroxyl groups is 1. The maximum atomic E-state index is 9.38. The summed E-state index contributed by atoms with van der Waals surface area (Å²) in [7, 11) is 0. The molecule has 0 atom stereocenters. The van der Waals surface area contributed by atoms with Gasteiger partial charge in [-0.3, -0.25) is 0 Å². The van der Waals surface area contributed by atoms with Gasteiger partial charge in [0.1, 0.15) is 5.75 Å². The Morgan fingerprint density at radius 1 is 1.29 bits per heavy atom. The molecule has 0 radical (unpaired) electrons. The fraction of sp³-hybridized carbons (Fsp3) is 0.333. The zero-order valence-corrected chi connectivity index (χ0v) is 9.48. The molecule has 0 saturated carbocycles. The quantitative estimate of drug-likeness (QED) is 0.746. The lowest BCUT2D eigenvalue weighted by Crippen LogP contribution is -1.83. The molecule has 1 heterocycles. The first-order chi connectivity index (χ1) is 6.59. The summed E-state index contributed by atoms with van der Waals surface area (Å²) < 4.78 is 1.19. The summed E-state index contributed by atoms with van der Waals surface area (Å²) >= 11 is 1.79. The van der Waals surface area contributed by atoms with Crippen LogP contribution < -0.4 is 0 Å². The molecule has 0 aliphatic rings. The van der Waals surface area contributed by atoms with Crippen molar-refractivity contribution < 1.29 is 5.11 Å². The van der Waals surface area contributed by atoms with Gasteiger partial charge in [0.2, 0.25) is 0 Å². The third-order valence-electron chi connectivity index (χ3n) is 2.48. The summed E-state index contributed by atoms with van der Waals surface area (Å²) in [6, 6.07) is 5.60. The highest BCUT2D eigenvalue weighted by Gasteiger charge is 2.11. The molecular weight excluding hydrogens is 192 g/mol. The number of hydrogen-bond donors (Lipinski definition) is 1. The standard InChI is InChI=1S/C12H14OS/c1-7(2)12-8(3)10-5-4-9(13)6-11(10)14-12/h4-7,13H,1-3H3. The molecule has 0 fully saturated rings. The van der Waals surface area contributed by atoms with Gasteiger partial charge in [-0.2, -0.15) is 0 Å². The van der Waals surface area contributed by atoms with Crippen molar-refractivity contribution in [1.82, 2.24) is 0 Å². The Labute approximate surface area is 88.0 Å². The van der Waals surface area contributed by atoms with Gasteiger partial charge in [0, 0.05) is 9.58 Å². The number of phenols is 1. The van der Waals surface area contributed by atoms with Crippen LogP contribution in [0.15, 0.2) is 18.2 Å². The maximum Gasteiger partial charge on any atom is 0.117 e. The summed E-state index contributed by atoms with van der Waals surface area (Å²) in [5.41, 5.74) is 1.36. The van der Waals surface area contributed by atoms with E-state index in [0.29, 0.717) is 11.7 Å². The third kappa shape index (κ3) is 1.40. The lowest BCUT2D eigenvalue weighted by Gasteiger charge is -2.01. The van der Waals surface area contributed by atoms with Gasteiger partial charge in [-0.15, -0.1) is 11.3 Å². The van der Waals surface area contributed by atoms with Gasteiger partial charge in [0.05, 0.1) is 0 Å². The highest BCUT2D eigenvalue weighted by atomic mass is 32.1. The van der Waals surface area contributed by atoms with E-state index < -0.39 is 0 Å². The molecule has 0 spiro atoms. The summed E-state index contributed by atoms with van der Waals surface area (Å²) in [6.45, 7) is 6.57. The van der Waals surface area contributed by atoms with E-state index in [4.69, 9.17) is 0 Å². The summed E-state index contributed by atoms with van der Waals surface area (Å²) in [5, 5.41) is 10.7. The molecule has 1 aromatic heterocycles. The molecule has 0 aliphatic heterocycles. The van der Waals surface area contributed by atoms with E-state index in [1.54, 1.807) is 17.4 Å². The molecular formula is C12H14OS. The van der Waals surface area contributed by atoms with E-state index in [-0.39, 0.29) is 0 Å². The van der Waals surface area contributed by atoms with Crippen LogP contribution in [0.25, 0.3) is 10.1 Å². The first-order valence-electron chi connectivity index (χ1n) is 4.81. The fourth-order valence-electron chi connectivity index (χ4n) is 1.78. The van der Waals surface area contributed by atoms with Crippen molar-refractivity contribution in [2.24, 2.45) is 0 Å². The molecule has 2 heteroatoms. The molecule has 74 valence electrons. The van der Waals surface area contributed by atoms with E-state index in [1.807, 2.05) is 12.1 Å². The van der Waals surface area contributed by atoms with Gasteiger partial charge in [0.25, 0.3) is 0 Å². The molecule has 1 N–H and O–H groups in total. The van der Waals surface area contributed by atoms with Crippen molar-refractivity contribution in [2.45, 2.75) is 26.7 Å². The van der Waals surface area contributed by atoms with Crippen LogP contribution in [0.4, 0.5) is 0 Å². The lowest BCUT2D eigenvalue weighted by molar-refractivity contribution is 0.476. The average Bonchev–Trinajstić information content (AvgIpc) is 2.43. The number of hydrogen-bond acceptors (Lipinski definition) is 2. The normalized spacial score (nSPS) is 11.4. The van der Waals surface area contributed by atoms with Crippen LogP contribution in [-0.2, 0) is 0 Å². The molecule has 0 amide bonds. The van der Waals surface area contributed by atoms with E-state index in [2.05, 4.69) is 20.8 Å². The molecule has 1 nitrogen and oxygen atoms in total. The van der Waals surface area contributed by atoms with Crippen molar-refractivity contribution in [3.63, 3.8) is 0 Å². The Bertz CT molecular complexity index is 468. The van der Waals surface area contributed by atoms with Gasteiger partial charge in [-0.05, 0) is 42.0 Å². The van der Waals surface area contributed by atoms with Gasteiger partial charge in [0.15, 0.2) is 0 Å². The van der Waals surface area contributed by atoms with E-state index in [9.17, 15) is 5.11 Å². The Hall–Kier alpha value is -1.02. The number of rotatable bonds is 1. The number of benzene rings is 1. The maximum absolute atomic E-state index is 9.38. The van der Waals surface area contributed by atoms with Crippen LogP contribution in [-0.4, -0.2) is 5.11 Å². The SMILES string of the molecule is Cc1c(C(C)C)sc2cc(O)ccc12. The second-order valence-corrected chi connectivity index (χ2v) is 5.01. The van der Waals surface area contributed by atoms with Crippen LogP contribution in [0.1, 0.15) is 30.2 Å². The van der Waals surface area contributed by atoms with Crippen LogP contribution in [0.2, 0.25) is 0 Å². The minimum Gasteiger partial charge on any atom is -0.508 e. The first kappa shape index (κ1) is 9.53. The van der Waals surface area contributed by atoms with E-state index >= 15 is 0 Å².